The van der Waals surface area contributed by atoms with E-state index in [0.29, 0.717) is 31.1 Å². The van der Waals surface area contributed by atoms with Crippen LogP contribution in [0.1, 0.15) is 32.9 Å². The molecular formula is C23H26N2O4. The molecule has 0 spiro atoms. The Hall–Kier alpha value is -3.28. The van der Waals surface area contributed by atoms with Crippen molar-refractivity contribution in [1.29, 1.82) is 0 Å². The molecule has 0 radical (unpaired) electrons. The van der Waals surface area contributed by atoms with Gasteiger partial charge in [0, 0.05) is 12.6 Å². The minimum absolute atomic E-state index is 0.0831. The Labute approximate surface area is 171 Å². The standard InChI is InChI=1S/C23H26N2O4/c1-16-8-10-20(11-9-16)27-13-12-25(4)23(26)19-6-5-7-21(14-19)28-15-22-17(2)24-29-18(22)3/h5-11,14H,12-13,15H2,1-4H3. The van der Waals surface area contributed by atoms with Gasteiger partial charge >= 0.3 is 0 Å². The molecular weight excluding hydrogens is 368 g/mol. The molecule has 1 amide bonds. The molecule has 0 unspecified atom stereocenters. The molecule has 0 atom stereocenters. The SMILES string of the molecule is Cc1ccc(OCCN(C)C(=O)c2cccc(OCc3c(C)noc3C)c2)cc1. The van der Waals surface area contributed by atoms with Gasteiger partial charge in [0.1, 0.15) is 30.5 Å². The number of carbonyl (C=O) groups is 1. The van der Waals surface area contributed by atoms with Crippen molar-refractivity contribution in [3.63, 3.8) is 0 Å². The first kappa shape index (κ1) is 20.5. The van der Waals surface area contributed by atoms with E-state index in [1.165, 1.54) is 5.56 Å². The molecule has 0 aliphatic heterocycles. The zero-order valence-electron chi connectivity index (χ0n) is 17.3. The second-order valence-electron chi connectivity index (χ2n) is 7.01. The first-order valence-corrected chi connectivity index (χ1v) is 9.53. The van der Waals surface area contributed by atoms with Crippen LogP contribution in [0.5, 0.6) is 11.5 Å². The minimum Gasteiger partial charge on any atom is -0.492 e. The topological polar surface area (TPSA) is 64.8 Å². The number of benzene rings is 2. The number of carbonyl (C=O) groups excluding carboxylic acids is 1. The maximum atomic E-state index is 12.7. The summed E-state index contributed by atoms with van der Waals surface area (Å²) in [6.45, 7) is 7.01. The Morgan fingerprint density at radius 3 is 2.48 bits per heavy atom. The number of likely N-dealkylation sites (N-methyl/N-ethyl adjacent to an activating group) is 1. The predicted molar refractivity (Wildman–Crippen MR) is 110 cm³/mol. The maximum absolute atomic E-state index is 12.7. The van der Waals surface area contributed by atoms with E-state index in [1.54, 1.807) is 24.1 Å². The molecule has 0 fully saturated rings. The number of hydrogen-bond acceptors (Lipinski definition) is 5. The molecule has 0 aliphatic carbocycles. The van der Waals surface area contributed by atoms with Crippen LogP contribution in [-0.4, -0.2) is 36.2 Å². The van der Waals surface area contributed by atoms with E-state index in [1.807, 2.05) is 57.2 Å². The number of rotatable bonds is 8. The third kappa shape index (κ3) is 5.38. The van der Waals surface area contributed by atoms with E-state index in [-0.39, 0.29) is 5.91 Å². The molecule has 152 valence electrons. The van der Waals surface area contributed by atoms with Crippen LogP contribution < -0.4 is 9.47 Å². The normalized spacial score (nSPS) is 10.6. The molecule has 6 nitrogen and oxygen atoms in total. The second-order valence-corrected chi connectivity index (χ2v) is 7.01. The molecule has 3 aromatic rings. The lowest BCUT2D eigenvalue weighted by Gasteiger charge is -2.18. The summed E-state index contributed by atoms with van der Waals surface area (Å²) < 4.78 is 16.7. The quantitative estimate of drug-likeness (QED) is 0.569. The number of nitrogens with zero attached hydrogens (tertiary/aromatic N) is 2. The number of aryl methyl sites for hydroxylation is 3. The van der Waals surface area contributed by atoms with Crippen molar-refractivity contribution in [2.75, 3.05) is 20.2 Å². The van der Waals surface area contributed by atoms with Gasteiger partial charge in [0.05, 0.1) is 17.8 Å². The first-order chi connectivity index (χ1) is 13.9. The van der Waals surface area contributed by atoms with Crippen LogP contribution in [-0.2, 0) is 6.61 Å². The van der Waals surface area contributed by atoms with Gasteiger partial charge in [0.2, 0.25) is 0 Å². The summed E-state index contributed by atoms with van der Waals surface area (Å²) >= 11 is 0. The van der Waals surface area contributed by atoms with Crippen molar-refractivity contribution in [3.05, 3.63) is 76.7 Å². The monoisotopic (exact) mass is 394 g/mol. The first-order valence-electron chi connectivity index (χ1n) is 9.53. The van der Waals surface area contributed by atoms with Crippen LogP contribution >= 0.6 is 0 Å². The fourth-order valence-corrected chi connectivity index (χ4v) is 2.84. The van der Waals surface area contributed by atoms with Crippen LogP contribution in [0.25, 0.3) is 0 Å². The smallest absolute Gasteiger partial charge is 0.253 e. The second kappa shape index (κ2) is 9.28. The average molecular weight is 394 g/mol. The summed E-state index contributed by atoms with van der Waals surface area (Å²) in [5.74, 6) is 2.08. The molecule has 0 saturated heterocycles. The van der Waals surface area contributed by atoms with Gasteiger partial charge in [-0.1, -0.05) is 28.9 Å². The Morgan fingerprint density at radius 1 is 1.03 bits per heavy atom. The highest BCUT2D eigenvalue weighted by Crippen LogP contribution is 2.19. The third-order valence-corrected chi connectivity index (χ3v) is 4.71. The molecule has 0 aliphatic rings. The van der Waals surface area contributed by atoms with Crippen molar-refractivity contribution in [3.8, 4) is 11.5 Å². The number of hydrogen-bond donors (Lipinski definition) is 0. The fraction of sp³-hybridized carbons (Fsp3) is 0.304. The fourth-order valence-electron chi connectivity index (χ4n) is 2.84. The summed E-state index contributed by atoms with van der Waals surface area (Å²) in [6.07, 6.45) is 0. The van der Waals surface area contributed by atoms with E-state index >= 15 is 0 Å². The van der Waals surface area contributed by atoms with Gasteiger partial charge < -0.3 is 18.9 Å². The molecule has 0 saturated carbocycles. The molecule has 2 aromatic carbocycles. The molecule has 0 bridgehead atoms. The Kier molecular flexibility index (Phi) is 6.54. The number of amides is 1. The highest BCUT2D eigenvalue weighted by atomic mass is 16.5. The lowest BCUT2D eigenvalue weighted by molar-refractivity contribution is 0.0773. The van der Waals surface area contributed by atoms with E-state index in [0.717, 1.165) is 22.8 Å². The molecule has 0 N–H and O–H groups in total. The molecule has 1 heterocycles. The van der Waals surface area contributed by atoms with Crippen LogP contribution in [0.4, 0.5) is 0 Å². The highest BCUT2D eigenvalue weighted by Gasteiger charge is 2.14. The number of ether oxygens (including phenoxy) is 2. The lowest BCUT2D eigenvalue weighted by Crippen LogP contribution is -2.30. The Morgan fingerprint density at radius 2 is 1.79 bits per heavy atom. The van der Waals surface area contributed by atoms with Gasteiger partial charge in [-0.15, -0.1) is 0 Å². The number of aromatic nitrogens is 1. The summed E-state index contributed by atoms with van der Waals surface area (Å²) in [6, 6.07) is 15.0. The molecule has 6 heteroatoms. The summed E-state index contributed by atoms with van der Waals surface area (Å²) in [7, 11) is 1.76. The average Bonchev–Trinajstić information content (AvgIpc) is 3.05. The van der Waals surface area contributed by atoms with Crippen molar-refractivity contribution in [2.24, 2.45) is 0 Å². The van der Waals surface area contributed by atoms with E-state index in [9.17, 15) is 4.79 Å². The van der Waals surface area contributed by atoms with Crippen LogP contribution in [0, 0.1) is 20.8 Å². The Bertz CT molecular complexity index is 944. The van der Waals surface area contributed by atoms with Gasteiger partial charge in [-0.2, -0.15) is 0 Å². The largest absolute Gasteiger partial charge is 0.492 e. The van der Waals surface area contributed by atoms with Crippen LogP contribution in [0.15, 0.2) is 53.1 Å². The summed E-state index contributed by atoms with van der Waals surface area (Å²) in [5, 5.41) is 3.92. The lowest BCUT2D eigenvalue weighted by atomic mass is 10.2. The van der Waals surface area contributed by atoms with Crippen LogP contribution in [0.2, 0.25) is 0 Å². The van der Waals surface area contributed by atoms with Crippen molar-refractivity contribution in [1.82, 2.24) is 10.1 Å². The van der Waals surface area contributed by atoms with Crippen LogP contribution in [0.3, 0.4) is 0 Å². The third-order valence-electron chi connectivity index (χ3n) is 4.71. The van der Waals surface area contributed by atoms with E-state index < -0.39 is 0 Å². The van der Waals surface area contributed by atoms with Gasteiger partial charge in [-0.25, -0.2) is 0 Å². The highest BCUT2D eigenvalue weighted by molar-refractivity contribution is 5.94. The van der Waals surface area contributed by atoms with E-state index in [2.05, 4.69) is 5.16 Å². The van der Waals surface area contributed by atoms with Crippen molar-refractivity contribution >= 4 is 5.91 Å². The zero-order valence-corrected chi connectivity index (χ0v) is 17.3. The maximum Gasteiger partial charge on any atom is 0.253 e. The zero-order chi connectivity index (χ0) is 20.8. The van der Waals surface area contributed by atoms with Gasteiger partial charge in [0.25, 0.3) is 5.91 Å². The van der Waals surface area contributed by atoms with Gasteiger partial charge in [0.15, 0.2) is 0 Å². The summed E-state index contributed by atoms with van der Waals surface area (Å²) in [4.78, 5) is 14.4. The summed E-state index contributed by atoms with van der Waals surface area (Å²) in [5.41, 5.74) is 3.48. The Balaban J connectivity index is 1.54. The minimum atomic E-state index is -0.0831. The van der Waals surface area contributed by atoms with Gasteiger partial charge in [-0.3, -0.25) is 4.79 Å². The van der Waals surface area contributed by atoms with E-state index in [4.69, 9.17) is 14.0 Å². The van der Waals surface area contributed by atoms with Crippen molar-refractivity contribution < 1.29 is 18.8 Å². The van der Waals surface area contributed by atoms with Crippen molar-refractivity contribution in [2.45, 2.75) is 27.4 Å². The van der Waals surface area contributed by atoms with Gasteiger partial charge in [-0.05, 0) is 51.1 Å². The molecule has 29 heavy (non-hydrogen) atoms. The molecule has 3 rings (SSSR count). The predicted octanol–water partition coefficient (Wildman–Crippen LogP) is 4.33. The molecule has 1 aromatic heterocycles.